The van der Waals surface area contributed by atoms with Crippen molar-refractivity contribution in [2.24, 2.45) is 0 Å². The average Bonchev–Trinajstić information content (AvgIpc) is 2.78. The summed E-state index contributed by atoms with van der Waals surface area (Å²) in [7, 11) is -3.68. The highest BCUT2D eigenvalue weighted by Gasteiger charge is 2.28. The number of carbonyl (C=O) groups is 2. The highest BCUT2D eigenvalue weighted by atomic mass is 32.2. The van der Waals surface area contributed by atoms with Gasteiger partial charge in [0.2, 0.25) is 10.0 Å². The highest BCUT2D eigenvalue weighted by Crippen LogP contribution is 2.24. The number of sulfonamides is 1. The predicted octanol–water partition coefficient (Wildman–Crippen LogP) is 3.20. The topological polar surface area (TPSA) is 92.8 Å². The van der Waals surface area contributed by atoms with Crippen LogP contribution in [-0.2, 0) is 19.6 Å². The summed E-state index contributed by atoms with van der Waals surface area (Å²) in [5.41, 5.74) is 1.61. The van der Waals surface area contributed by atoms with Gasteiger partial charge in [0, 0.05) is 13.1 Å². The van der Waals surface area contributed by atoms with E-state index >= 15 is 0 Å². The van der Waals surface area contributed by atoms with Crippen molar-refractivity contribution < 1.29 is 22.7 Å². The molecule has 1 amide bonds. The molecule has 8 heteroatoms. The van der Waals surface area contributed by atoms with E-state index in [0.29, 0.717) is 18.7 Å². The molecule has 1 atom stereocenters. The molecule has 31 heavy (non-hydrogen) atoms. The molecule has 0 spiro atoms. The molecule has 0 aromatic heterocycles. The van der Waals surface area contributed by atoms with Crippen LogP contribution in [0.3, 0.4) is 0 Å². The molecule has 0 bridgehead atoms. The van der Waals surface area contributed by atoms with Crippen LogP contribution in [0, 0.1) is 6.92 Å². The molecule has 166 valence electrons. The molecule has 1 fully saturated rings. The summed E-state index contributed by atoms with van der Waals surface area (Å²) in [6.45, 7) is 4.06. The number of esters is 1. The quantitative estimate of drug-likeness (QED) is 0.662. The highest BCUT2D eigenvalue weighted by molar-refractivity contribution is 7.89. The van der Waals surface area contributed by atoms with Crippen molar-refractivity contribution in [3.05, 3.63) is 65.2 Å². The van der Waals surface area contributed by atoms with E-state index in [1.807, 2.05) is 37.3 Å². The SMILES string of the molecule is Cc1ccc(C(=O)OCC(=O)NC(C)c2ccccc2)cc1S(=O)(=O)N1CCCCC1. The Morgan fingerprint density at radius 1 is 1.06 bits per heavy atom. The number of piperidine rings is 1. The fourth-order valence-corrected chi connectivity index (χ4v) is 5.34. The lowest BCUT2D eigenvalue weighted by molar-refractivity contribution is -0.124. The molecule has 1 saturated heterocycles. The van der Waals surface area contributed by atoms with E-state index in [2.05, 4.69) is 5.32 Å². The molecule has 0 saturated carbocycles. The third kappa shape index (κ3) is 5.71. The van der Waals surface area contributed by atoms with Gasteiger partial charge in [0.1, 0.15) is 0 Å². The number of hydrogen-bond acceptors (Lipinski definition) is 5. The second kappa shape index (κ2) is 10.1. The second-order valence-corrected chi connectivity index (χ2v) is 9.63. The number of carbonyl (C=O) groups excluding carboxylic acids is 2. The van der Waals surface area contributed by atoms with Crippen LogP contribution in [0.4, 0.5) is 0 Å². The molecule has 0 radical (unpaired) electrons. The van der Waals surface area contributed by atoms with E-state index in [0.717, 1.165) is 24.8 Å². The van der Waals surface area contributed by atoms with Gasteiger partial charge in [0.15, 0.2) is 6.61 Å². The number of ether oxygens (including phenoxy) is 1. The first-order chi connectivity index (χ1) is 14.8. The van der Waals surface area contributed by atoms with Crippen molar-refractivity contribution >= 4 is 21.9 Å². The summed E-state index contributed by atoms with van der Waals surface area (Å²) in [5.74, 6) is -1.17. The third-order valence-corrected chi connectivity index (χ3v) is 7.41. The standard InChI is InChI=1S/C23H28N2O5S/c1-17-11-12-20(15-21(17)31(28,29)25-13-7-4-8-14-25)23(27)30-16-22(26)24-18(2)19-9-5-3-6-10-19/h3,5-6,9-12,15,18H,4,7-8,13-14,16H2,1-2H3,(H,24,26). The Morgan fingerprint density at radius 3 is 2.42 bits per heavy atom. The molecule has 1 heterocycles. The van der Waals surface area contributed by atoms with Crippen LogP contribution < -0.4 is 5.32 Å². The van der Waals surface area contributed by atoms with Gasteiger partial charge in [-0.1, -0.05) is 42.8 Å². The van der Waals surface area contributed by atoms with Crippen molar-refractivity contribution in [2.45, 2.75) is 44.0 Å². The Bertz CT molecular complexity index is 1030. The predicted molar refractivity (Wildman–Crippen MR) is 117 cm³/mol. The zero-order valence-corrected chi connectivity index (χ0v) is 18.7. The fourth-order valence-electron chi connectivity index (χ4n) is 3.57. The van der Waals surface area contributed by atoms with E-state index in [-0.39, 0.29) is 16.5 Å². The molecule has 1 aliphatic heterocycles. The summed E-state index contributed by atoms with van der Waals surface area (Å²) in [5, 5.41) is 2.77. The van der Waals surface area contributed by atoms with Crippen molar-refractivity contribution in [1.82, 2.24) is 9.62 Å². The molecule has 3 rings (SSSR count). The number of aryl methyl sites for hydroxylation is 1. The second-order valence-electron chi connectivity index (χ2n) is 7.72. The minimum Gasteiger partial charge on any atom is -0.452 e. The van der Waals surface area contributed by atoms with Crippen LogP contribution >= 0.6 is 0 Å². The first kappa shape index (κ1) is 23.0. The number of rotatable bonds is 7. The zero-order chi connectivity index (χ0) is 22.4. The molecule has 2 aromatic carbocycles. The maximum absolute atomic E-state index is 13.0. The van der Waals surface area contributed by atoms with Gasteiger partial charge in [-0.15, -0.1) is 0 Å². The first-order valence-electron chi connectivity index (χ1n) is 10.4. The Hall–Kier alpha value is -2.71. The van der Waals surface area contributed by atoms with Crippen molar-refractivity contribution in [2.75, 3.05) is 19.7 Å². The van der Waals surface area contributed by atoms with E-state index in [1.54, 1.807) is 13.0 Å². The van der Waals surface area contributed by atoms with Crippen molar-refractivity contribution in [3.63, 3.8) is 0 Å². The van der Waals surface area contributed by atoms with Crippen LogP contribution in [-0.4, -0.2) is 44.3 Å². The molecular formula is C23H28N2O5S. The van der Waals surface area contributed by atoms with Gasteiger partial charge in [0.05, 0.1) is 16.5 Å². The average molecular weight is 445 g/mol. The Balaban J connectivity index is 1.64. The Kier molecular flexibility index (Phi) is 7.46. The molecule has 1 aliphatic rings. The molecule has 2 aromatic rings. The van der Waals surface area contributed by atoms with E-state index < -0.39 is 28.5 Å². The maximum Gasteiger partial charge on any atom is 0.338 e. The summed E-state index contributed by atoms with van der Waals surface area (Å²) < 4.78 is 32.6. The number of nitrogens with one attached hydrogen (secondary N) is 1. The number of hydrogen-bond donors (Lipinski definition) is 1. The lowest BCUT2D eigenvalue weighted by Crippen LogP contribution is -2.36. The van der Waals surface area contributed by atoms with E-state index in [4.69, 9.17) is 4.74 Å². The summed E-state index contributed by atoms with van der Waals surface area (Å²) in [6, 6.07) is 13.7. The smallest absolute Gasteiger partial charge is 0.338 e. The van der Waals surface area contributed by atoms with Crippen LogP contribution in [0.1, 0.15) is 53.7 Å². The first-order valence-corrected chi connectivity index (χ1v) is 11.9. The largest absolute Gasteiger partial charge is 0.452 e. The van der Waals surface area contributed by atoms with Gasteiger partial charge in [-0.2, -0.15) is 4.31 Å². The van der Waals surface area contributed by atoms with Crippen LogP contribution in [0.5, 0.6) is 0 Å². The lowest BCUT2D eigenvalue weighted by atomic mass is 10.1. The van der Waals surface area contributed by atoms with Gasteiger partial charge >= 0.3 is 5.97 Å². The van der Waals surface area contributed by atoms with Gasteiger partial charge in [0.25, 0.3) is 5.91 Å². The maximum atomic E-state index is 13.0. The third-order valence-electron chi connectivity index (χ3n) is 5.37. The summed E-state index contributed by atoms with van der Waals surface area (Å²) in [4.78, 5) is 24.7. The number of nitrogens with zero attached hydrogens (tertiary/aromatic N) is 1. The number of amides is 1. The molecular weight excluding hydrogens is 416 g/mol. The molecule has 7 nitrogen and oxygen atoms in total. The molecule has 1 N–H and O–H groups in total. The van der Waals surface area contributed by atoms with Gasteiger partial charge in [-0.3, -0.25) is 4.79 Å². The lowest BCUT2D eigenvalue weighted by Gasteiger charge is -2.26. The minimum absolute atomic E-state index is 0.102. The number of benzene rings is 2. The Morgan fingerprint density at radius 2 is 1.74 bits per heavy atom. The van der Waals surface area contributed by atoms with E-state index in [9.17, 15) is 18.0 Å². The van der Waals surface area contributed by atoms with E-state index in [1.165, 1.54) is 16.4 Å². The Labute approximate surface area is 183 Å². The van der Waals surface area contributed by atoms with Crippen molar-refractivity contribution in [3.8, 4) is 0 Å². The minimum atomic E-state index is -3.68. The van der Waals surface area contributed by atoms with Gasteiger partial charge in [-0.05, 0) is 49.9 Å². The van der Waals surface area contributed by atoms with Gasteiger partial charge in [-0.25, -0.2) is 13.2 Å². The monoisotopic (exact) mass is 444 g/mol. The summed E-state index contributed by atoms with van der Waals surface area (Å²) >= 11 is 0. The van der Waals surface area contributed by atoms with Crippen molar-refractivity contribution in [1.29, 1.82) is 0 Å². The fraction of sp³-hybridized carbons (Fsp3) is 0.391. The zero-order valence-electron chi connectivity index (χ0n) is 17.8. The van der Waals surface area contributed by atoms with Gasteiger partial charge < -0.3 is 10.1 Å². The molecule has 0 aliphatic carbocycles. The van der Waals surface area contributed by atoms with Crippen LogP contribution in [0.15, 0.2) is 53.4 Å². The van der Waals surface area contributed by atoms with Crippen LogP contribution in [0.25, 0.3) is 0 Å². The normalized spacial score (nSPS) is 15.8. The molecule has 1 unspecified atom stereocenters. The van der Waals surface area contributed by atoms with Crippen LogP contribution in [0.2, 0.25) is 0 Å². The summed E-state index contributed by atoms with van der Waals surface area (Å²) in [6.07, 6.45) is 2.68.